The summed E-state index contributed by atoms with van der Waals surface area (Å²) >= 11 is 0. The number of allylic oxidation sites excluding steroid dienone is 2. The summed E-state index contributed by atoms with van der Waals surface area (Å²) in [4.78, 5) is 35.4. The Bertz CT molecular complexity index is 2050. The second kappa shape index (κ2) is 17.9. The molecular formula is C52H82N4O12. The zero-order chi connectivity index (χ0) is 49.0. The summed E-state index contributed by atoms with van der Waals surface area (Å²) in [5, 5.41) is 94.5. The Labute approximate surface area is 401 Å². The SMILES string of the molecule is C[C@]1(CO)CC[C@]2(C(=O)O)CC[C@]3(C)C(=CC[C@@H]4[C@]5(C)[C@H](CC6(CCCC6)[C@]43C)[C@](C)(CO)[C@H](O[C@@H]3OC[C@@H](O)[C@H](O)[C@H]3O)[C@H](O)[C@@H]5C[C@H]3[C@@H]([C@H](CCCN)c4cnc[nH]4)NC(=O)[C@@H]3CO)[C@@H]2C1. The van der Waals surface area contributed by atoms with E-state index in [0.717, 1.165) is 31.4 Å². The minimum Gasteiger partial charge on any atom is -0.481 e. The number of H-pyrrole nitrogens is 1. The van der Waals surface area contributed by atoms with Crippen molar-refractivity contribution in [2.45, 2.75) is 173 Å². The van der Waals surface area contributed by atoms with Crippen LogP contribution in [0.1, 0.15) is 136 Å². The van der Waals surface area contributed by atoms with Gasteiger partial charge in [0.05, 0.1) is 49.7 Å². The van der Waals surface area contributed by atoms with Gasteiger partial charge < -0.3 is 66.4 Å². The van der Waals surface area contributed by atoms with Crippen molar-refractivity contribution in [1.82, 2.24) is 15.3 Å². The van der Waals surface area contributed by atoms with E-state index in [0.29, 0.717) is 70.8 Å². The topological polar surface area (TPSA) is 281 Å². The summed E-state index contributed by atoms with van der Waals surface area (Å²) in [5.74, 6) is -3.83. The first-order valence-corrected chi connectivity index (χ1v) is 26.0. The summed E-state index contributed by atoms with van der Waals surface area (Å²) < 4.78 is 12.7. The molecule has 16 nitrogen and oxygen atoms in total. The number of aromatic amines is 1. The first-order valence-electron chi connectivity index (χ1n) is 26.0. The first kappa shape index (κ1) is 50.4. The van der Waals surface area contributed by atoms with Crippen LogP contribution < -0.4 is 11.1 Å². The van der Waals surface area contributed by atoms with Crippen molar-refractivity contribution in [1.29, 1.82) is 0 Å². The molecule has 5 saturated carbocycles. The minimum absolute atomic E-state index is 0.0143. The van der Waals surface area contributed by atoms with Crippen LogP contribution in [0.25, 0.3) is 0 Å². The minimum atomic E-state index is -1.65. The molecule has 3 heterocycles. The summed E-state index contributed by atoms with van der Waals surface area (Å²) in [6, 6.07) is -0.465. The number of aliphatic carboxylic acids is 1. The number of aliphatic hydroxyl groups excluding tert-OH is 7. The van der Waals surface area contributed by atoms with E-state index in [9.17, 15) is 50.4 Å². The number of hydrogen-bond acceptors (Lipinski definition) is 13. The number of aromatic nitrogens is 2. The molecule has 0 bridgehead atoms. The van der Waals surface area contributed by atoms with Crippen molar-refractivity contribution in [3.05, 3.63) is 29.9 Å². The average Bonchev–Trinajstić information content (AvgIpc) is 4.10. The van der Waals surface area contributed by atoms with Crippen molar-refractivity contribution >= 4 is 11.9 Å². The lowest BCUT2D eigenvalue weighted by Gasteiger charge is -2.78. The maximum Gasteiger partial charge on any atom is 0.310 e. The van der Waals surface area contributed by atoms with Gasteiger partial charge in [-0.3, -0.25) is 9.59 Å². The molecular weight excluding hydrogens is 873 g/mol. The van der Waals surface area contributed by atoms with Crippen LogP contribution in [0.5, 0.6) is 0 Å². The standard InChI is InChI=1S/C52H82N4O12/c1-46(25-58)14-16-52(45(65)66)17-15-48(3)31(33(52)20-46)10-11-36-49(4)32(19-29-30(23-57)43(64)56-38(29)28(9-8-18-53)34-22-54-27-55-34)39(61)42(68-44-41(63)40(62)35(60)24-67-44)47(2,26-59)37(49)21-51(50(36,48)5)12-6-7-13-51/h10,22,27-30,32-33,35-42,44,57-63H,6-9,11-21,23-26,53H2,1-5H3,(H,54,55)(H,56,64)(H,65,66)/t28-,29-,30-,32+,33+,35-,36-,37-,38-,39-,40+,41-,42-,44+,46+,47+,48-,49-,50-,52+/m1/s1. The van der Waals surface area contributed by atoms with Crippen molar-refractivity contribution < 1.29 is 59.9 Å². The van der Waals surface area contributed by atoms with Gasteiger partial charge >= 0.3 is 5.97 Å². The van der Waals surface area contributed by atoms with Gasteiger partial charge in [0.15, 0.2) is 6.29 Å². The number of amides is 1. The van der Waals surface area contributed by atoms with E-state index in [2.05, 4.69) is 49.1 Å². The third-order valence-electron chi connectivity index (χ3n) is 22.1. The molecule has 2 aliphatic heterocycles. The van der Waals surface area contributed by atoms with Crippen LogP contribution in [-0.2, 0) is 19.1 Å². The third kappa shape index (κ3) is 7.05. The number of fused-ring (bicyclic) bond motifs is 8. The van der Waals surface area contributed by atoms with E-state index in [1.54, 1.807) is 12.5 Å². The number of carbonyl (C=O) groups excluding carboxylic acids is 1. The van der Waals surface area contributed by atoms with Gasteiger partial charge in [0.2, 0.25) is 5.91 Å². The lowest BCUT2D eigenvalue weighted by molar-refractivity contribution is -0.351. The fourth-order valence-electron chi connectivity index (χ4n) is 18.0. The summed E-state index contributed by atoms with van der Waals surface area (Å²) in [6.45, 7) is 10.5. The predicted molar refractivity (Wildman–Crippen MR) is 249 cm³/mol. The molecule has 382 valence electrons. The van der Waals surface area contributed by atoms with Crippen LogP contribution in [0.15, 0.2) is 24.2 Å². The van der Waals surface area contributed by atoms with Gasteiger partial charge in [-0.15, -0.1) is 0 Å². The van der Waals surface area contributed by atoms with E-state index < -0.39 is 106 Å². The summed E-state index contributed by atoms with van der Waals surface area (Å²) in [6.07, 6.45) is 7.03. The van der Waals surface area contributed by atoms with Gasteiger partial charge in [-0.25, -0.2) is 4.98 Å². The number of nitrogens with zero attached hydrogens (tertiary/aromatic N) is 1. The number of carboxylic acid groups (broad SMARTS) is 1. The average molecular weight is 955 g/mol. The van der Waals surface area contributed by atoms with Crippen LogP contribution in [0.4, 0.5) is 0 Å². The molecule has 1 aromatic heterocycles. The van der Waals surface area contributed by atoms with Crippen LogP contribution >= 0.6 is 0 Å². The molecule has 0 unspecified atom stereocenters. The predicted octanol–water partition coefficient (Wildman–Crippen LogP) is 3.37. The summed E-state index contributed by atoms with van der Waals surface area (Å²) in [5.41, 5.74) is 3.72. The molecule has 0 radical (unpaired) electrons. The Balaban J connectivity index is 1.23. The maximum atomic E-state index is 14.1. The highest BCUT2D eigenvalue weighted by molar-refractivity contribution is 5.82. The first-order chi connectivity index (χ1) is 32.2. The van der Waals surface area contributed by atoms with Crippen LogP contribution in [0, 0.1) is 73.4 Å². The Morgan fingerprint density at radius 1 is 0.941 bits per heavy atom. The molecule has 68 heavy (non-hydrogen) atoms. The smallest absolute Gasteiger partial charge is 0.310 e. The van der Waals surface area contributed by atoms with Gasteiger partial charge in [0.1, 0.15) is 18.3 Å². The third-order valence-corrected chi connectivity index (χ3v) is 22.1. The highest BCUT2D eigenvalue weighted by atomic mass is 16.7. The Kier molecular flexibility index (Phi) is 13.3. The number of carboxylic acids is 1. The molecule has 8 aliphatic rings. The van der Waals surface area contributed by atoms with Crippen molar-refractivity contribution in [2.75, 3.05) is 33.0 Å². The second-order valence-electron chi connectivity index (χ2n) is 24.6. The number of rotatable bonds is 13. The van der Waals surface area contributed by atoms with Crippen molar-refractivity contribution in [2.24, 2.45) is 79.1 Å². The normalized spacial score (nSPS) is 49.0. The van der Waals surface area contributed by atoms with E-state index in [-0.39, 0.29) is 54.8 Å². The number of aliphatic hydroxyl groups is 7. The molecule has 20 atom stereocenters. The second-order valence-corrected chi connectivity index (χ2v) is 24.6. The number of carbonyl (C=O) groups is 2. The summed E-state index contributed by atoms with van der Waals surface area (Å²) in [7, 11) is 0. The number of nitrogens with two attached hydrogens (primary N) is 1. The number of hydrogen-bond donors (Lipinski definition) is 11. The monoisotopic (exact) mass is 955 g/mol. The number of imidazole rings is 1. The highest BCUT2D eigenvalue weighted by Gasteiger charge is 2.78. The Morgan fingerprint density at radius 2 is 1.66 bits per heavy atom. The molecule has 2 saturated heterocycles. The van der Waals surface area contributed by atoms with Gasteiger partial charge in [-0.05, 0) is 140 Å². The quantitative estimate of drug-likeness (QED) is 0.100. The van der Waals surface area contributed by atoms with Crippen LogP contribution in [-0.4, -0.2) is 139 Å². The number of nitrogens with one attached hydrogen (secondary N) is 2. The molecule has 6 aliphatic carbocycles. The van der Waals surface area contributed by atoms with Gasteiger partial charge in [0, 0.05) is 35.9 Å². The molecule has 12 N–H and O–H groups in total. The van der Waals surface area contributed by atoms with Crippen LogP contribution in [0.3, 0.4) is 0 Å². The maximum absolute atomic E-state index is 14.1. The molecule has 16 heteroatoms. The van der Waals surface area contributed by atoms with Gasteiger partial charge in [-0.2, -0.15) is 0 Å². The zero-order valence-corrected chi connectivity index (χ0v) is 41.0. The highest BCUT2D eigenvalue weighted by Crippen LogP contribution is 2.83. The Morgan fingerprint density at radius 3 is 2.29 bits per heavy atom. The zero-order valence-electron chi connectivity index (χ0n) is 41.0. The fourth-order valence-corrected chi connectivity index (χ4v) is 18.0. The number of ether oxygens (including phenoxy) is 2. The van der Waals surface area contributed by atoms with Crippen molar-refractivity contribution in [3.8, 4) is 0 Å². The van der Waals surface area contributed by atoms with E-state index >= 15 is 0 Å². The Hall–Kier alpha value is -2.51. The van der Waals surface area contributed by atoms with E-state index in [4.69, 9.17) is 15.2 Å². The van der Waals surface area contributed by atoms with Crippen LogP contribution in [0.2, 0.25) is 0 Å². The van der Waals surface area contributed by atoms with E-state index in [1.807, 2.05) is 6.92 Å². The van der Waals surface area contributed by atoms with Gasteiger partial charge in [-0.1, -0.05) is 59.1 Å². The molecule has 1 amide bonds. The van der Waals surface area contributed by atoms with Crippen molar-refractivity contribution in [3.63, 3.8) is 0 Å². The van der Waals surface area contributed by atoms with Gasteiger partial charge in [0.25, 0.3) is 0 Å². The lowest BCUT2D eigenvalue weighted by Crippen LogP contribution is -2.75. The van der Waals surface area contributed by atoms with E-state index in [1.165, 1.54) is 5.57 Å². The lowest BCUT2D eigenvalue weighted by atomic mass is 9.26. The fraction of sp³-hybridized carbons (Fsp3) is 0.865. The molecule has 9 rings (SSSR count). The molecule has 1 spiro atoms. The molecule has 0 aromatic carbocycles. The largest absolute Gasteiger partial charge is 0.481 e. The molecule has 7 fully saturated rings. The molecule has 1 aromatic rings.